The topological polar surface area (TPSA) is 54.5 Å². The first-order chi connectivity index (χ1) is 13.6. The summed E-state index contributed by atoms with van der Waals surface area (Å²) in [6.07, 6.45) is 6.18. The predicted molar refractivity (Wildman–Crippen MR) is 114 cm³/mol. The Morgan fingerprint density at radius 1 is 1.25 bits per heavy atom. The lowest BCUT2D eigenvalue weighted by atomic mass is 9.94. The maximum absolute atomic E-state index is 12.1. The minimum absolute atomic E-state index is 0.435. The normalized spacial score (nSPS) is 13.6. The number of fused-ring (bicyclic) bond motifs is 2. The summed E-state index contributed by atoms with van der Waals surface area (Å²) in [5.41, 5.74) is 3.04. The molecule has 2 aromatic rings. The van der Waals surface area contributed by atoms with Gasteiger partial charge >= 0.3 is 6.09 Å². The zero-order valence-corrected chi connectivity index (χ0v) is 17.6. The zero-order chi connectivity index (χ0) is 19.9. The third kappa shape index (κ3) is 5.15. The third-order valence-corrected chi connectivity index (χ3v) is 5.78. The molecule has 1 aliphatic carbocycles. The summed E-state index contributed by atoms with van der Waals surface area (Å²) in [7, 11) is 0. The van der Waals surface area contributed by atoms with Crippen molar-refractivity contribution in [2.24, 2.45) is 0 Å². The molecule has 6 heteroatoms. The van der Waals surface area contributed by atoms with Gasteiger partial charge < -0.3 is 15.0 Å². The van der Waals surface area contributed by atoms with Crippen LogP contribution in [0.5, 0.6) is 5.75 Å². The van der Waals surface area contributed by atoms with E-state index in [9.17, 15) is 4.79 Å². The third-order valence-electron chi connectivity index (χ3n) is 5.35. The number of likely N-dealkylation sites (N-methyl/N-ethyl adjacent to an activating group) is 1. The summed E-state index contributed by atoms with van der Waals surface area (Å²) >= 11 is 6.60. The van der Waals surface area contributed by atoms with Crippen LogP contribution in [0, 0.1) is 0 Å². The lowest BCUT2D eigenvalue weighted by Crippen LogP contribution is -2.36. The Hall–Kier alpha value is -1.85. The highest BCUT2D eigenvalue weighted by atomic mass is 35.5. The Morgan fingerprint density at radius 3 is 2.86 bits per heavy atom. The Bertz CT molecular complexity index is 825. The van der Waals surface area contributed by atoms with Crippen molar-refractivity contribution in [3.63, 3.8) is 0 Å². The van der Waals surface area contributed by atoms with Gasteiger partial charge in [0, 0.05) is 30.2 Å². The van der Waals surface area contributed by atoms with Gasteiger partial charge in [-0.3, -0.25) is 4.98 Å². The van der Waals surface area contributed by atoms with Crippen LogP contribution in [-0.2, 0) is 12.8 Å². The maximum atomic E-state index is 12.1. The largest absolute Gasteiger partial charge is 0.412 e. The number of nitrogens with one attached hydrogen (secondary N) is 1. The van der Waals surface area contributed by atoms with Crippen LogP contribution in [0.3, 0.4) is 0 Å². The molecule has 1 aromatic carbocycles. The second-order valence-corrected chi connectivity index (χ2v) is 7.72. The van der Waals surface area contributed by atoms with Crippen molar-refractivity contribution in [2.75, 3.05) is 26.2 Å². The van der Waals surface area contributed by atoms with Crippen molar-refractivity contribution >= 4 is 28.6 Å². The predicted octanol–water partition coefficient (Wildman–Crippen LogP) is 4.98. The first-order valence-corrected chi connectivity index (χ1v) is 10.8. The highest BCUT2D eigenvalue weighted by molar-refractivity contribution is 6.36. The Morgan fingerprint density at radius 2 is 2.07 bits per heavy atom. The summed E-state index contributed by atoms with van der Waals surface area (Å²) in [5.74, 6) is 0.489. The van der Waals surface area contributed by atoms with Gasteiger partial charge in [-0.1, -0.05) is 31.9 Å². The number of pyridine rings is 1. The number of halogens is 1. The fourth-order valence-corrected chi connectivity index (χ4v) is 4.04. The van der Waals surface area contributed by atoms with Crippen LogP contribution < -0.4 is 10.1 Å². The highest BCUT2D eigenvalue weighted by Crippen LogP contribution is 2.34. The molecule has 0 aliphatic heterocycles. The molecule has 1 N–H and O–H groups in total. The zero-order valence-electron chi connectivity index (χ0n) is 16.9. The van der Waals surface area contributed by atoms with Gasteiger partial charge in [0.05, 0.1) is 10.5 Å². The fourth-order valence-electron chi connectivity index (χ4n) is 3.68. The molecule has 1 heterocycles. The average molecular weight is 404 g/mol. The van der Waals surface area contributed by atoms with Gasteiger partial charge in [-0.15, -0.1) is 0 Å². The van der Waals surface area contributed by atoms with Crippen molar-refractivity contribution < 1.29 is 9.53 Å². The van der Waals surface area contributed by atoms with Crippen LogP contribution in [0.4, 0.5) is 4.79 Å². The monoisotopic (exact) mass is 403 g/mol. The van der Waals surface area contributed by atoms with Gasteiger partial charge in [-0.2, -0.15) is 0 Å². The van der Waals surface area contributed by atoms with Gasteiger partial charge in [-0.25, -0.2) is 4.79 Å². The van der Waals surface area contributed by atoms with E-state index in [2.05, 4.69) is 24.1 Å². The SMILES string of the molecule is CCCCN(CC)CCNC(=O)Oc1ccc2c(Cl)c3c(nc2c1)CCCC3. The molecule has 152 valence electrons. The van der Waals surface area contributed by atoms with Crippen LogP contribution in [0.15, 0.2) is 18.2 Å². The van der Waals surface area contributed by atoms with Gasteiger partial charge in [-0.05, 0) is 62.9 Å². The van der Waals surface area contributed by atoms with Crippen molar-refractivity contribution in [3.05, 3.63) is 34.5 Å². The van der Waals surface area contributed by atoms with Crippen molar-refractivity contribution in [2.45, 2.75) is 52.4 Å². The van der Waals surface area contributed by atoms with Gasteiger partial charge in [0.2, 0.25) is 0 Å². The van der Waals surface area contributed by atoms with Gasteiger partial charge in [0.15, 0.2) is 0 Å². The lowest BCUT2D eigenvalue weighted by molar-refractivity contribution is 0.197. The molecule has 0 saturated heterocycles. The van der Waals surface area contributed by atoms with E-state index in [1.54, 1.807) is 12.1 Å². The number of amides is 1. The van der Waals surface area contributed by atoms with Crippen LogP contribution in [0.2, 0.25) is 5.02 Å². The molecule has 5 nitrogen and oxygen atoms in total. The average Bonchev–Trinajstić information content (AvgIpc) is 2.70. The Balaban J connectivity index is 1.60. The molecule has 1 aliphatic rings. The van der Waals surface area contributed by atoms with E-state index in [0.29, 0.717) is 12.3 Å². The number of hydrogen-bond acceptors (Lipinski definition) is 4. The van der Waals surface area contributed by atoms with Gasteiger partial charge in [0.25, 0.3) is 0 Å². The number of rotatable bonds is 8. The van der Waals surface area contributed by atoms with Crippen molar-refractivity contribution in [1.82, 2.24) is 15.2 Å². The molecule has 0 bridgehead atoms. The second kappa shape index (κ2) is 10.1. The summed E-state index contributed by atoms with van der Waals surface area (Å²) < 4.78 is 5.45. The minimum Gasteiger partial charge on any atom is -0.410 e. The lowest BCUT2D eigenvalue weighted by Gasteiger charge is -2.20. The summed E-state index contributed by atoms with van der Waals surface area (Å²) in [6.45, 7) is 7.77. The van der Waals surface area contributed by atoms with E-state index < -0.39 is 6.09 Å². The first kappa shape index (κ1) is 20.9. The molecule has 3 rings (SSSR count). The maximum Gasteiger partial charge on any atom is 0.412 e. The molecule has 0 radical (unpaired) electrons. The highest BCUT2D eigenvalue weighted by Gasteiger charge is 2.17. The number of aromatic nitrogens is 1. The number of aryl methyl sites for hydroxylation is 1. The van der Waals surface area contributed by atoms with Crippen molar-refractivity contribution in [3.8, 4) is 5.75 Å². The Kier molecular flexibility index (Phi) is 7.51. The van der Waals surface area contributed by atoms with Gasteiger partial charge in [0.1, 0.15) is 5.75 Å². The van der Waals surface area contributed by atoms with E-state index in [-0.39, 0.29) is 0 Å². The van der Waals surface area contributed by atoms with E-state index in [4.69, 9.17) is 21.3 Å². The Labute approximate surface area is 172 Å². The number of hydrogen-bond donors (Lipinski definition) is 1. The molecule has 0 unspecified atom stereocenters. The summed E-state index contributed by atoms with van der Waals surface area (Å²) in [4.78, 5) is 19.2. The van der Waals surface area contributed by atoms with Crippen LogP contribution in [0.25, 0.3) is 10.9 Å². The molecule has 0 saturated carbocycles. The van der Waals surface area contributed by atoms with E-state index in [1.165, 1.54) is 18.4 Å². The van der Waals surface area contributed by atoms with E-state index >= 15 is 0 Å². The van der Waals surface area contributed by atoms with E-state index in [1.807, 2.05) is 6.07 Å². The van der Waals surface area contributed by atoms with Crippen LogP contribution >= 0.6 is 11.6 Å². The summed E-state index contributed by atoms with van der Waals surface area (Å²) in [5, 5.41) is 4.55. The number of nitrogens with zero attached hydrogens (tertiary/aromatic N) is 2. The molecular formula is C22H30ClN3O2. The molecule has 1 aromatic heterocycles. The second-order valence-electron chi connectivity index (χ2n) is 7.34. The fraction of sp³-hybridized carbons (Fsp3) is 0.545. The van der Waals surface area contributed by atoms with Crippen LogP contribution in [0.1, 0.15) is 50.8 Å². The molecule has 0 spiro atoms. The number of unbranched alkanes of at least 4 members (excludes halogenated alkanes) is 1. The van der Waals surface area contributed by atoms with Crippen LogP contribution in [-0.4, -0.2) is 42.2 Å². The number of carbonyl (C=O) groups is 1. The van der Waals surface area contributed by atoms with Crippen molar-refractivity contribution in [1.29, 1.82) is 0 Å². The quantitative estimate of drug-likeness (QED) is 0.675. The first-order valence-electron chi connectivity index (χ1n) is 10.4. The number of benzene rings is 1. The number of ether oxygens (including phenoxy) is 1. The number of carbonyl (C=O) groups excluding carboxylic acids is 1. The standard InChI is InChI=1S/C22H30ClN3O2/c1-3-5-13-26(4-2)14-12-24-22(27)28-16-10-11-18-20(15-16)25-19-9-7-6-8-17(19)21(18)23/h10-11,15H,3-9,12-14H2,1-2H3,(H,24,27). The summed E-state index contributed by atoms with van der Waals surface area (Å²) in [6, 6.07) is 5.48. The molecule has 1 amide bonds. The van der Waals surface area contributed by atoms with E-state index in [0.717, 1.165) is 66.9 Å². The smallest absolute Gasteiger partial charge is 0.410 e. The molecule has 28 heavy (non-hydrogen) atoms. The molecular weight excluding hydrogens is 374 g/mol. The molecule has 0 atom stereocenters. The molecule has 0 fully saturated rings. The minimum atomic E-state index is -0.435.